The van der Waals surface area contributed by atoms with Crippen molar-refractivity contribution in [2.75, 3.05) is 0 Å². The summed E-state index contributed by atoms with van der Waals surface area (Å²) < 4.78 is 5.34. The fourth-order valence-electron chi connectivity index (χ4n) is 4.76. The Morgan fingerprint density at radius 3 is 2.33 bits per heavy atom. The van der Waals surface area contributed by atoms with E-state index in [1.54, 1.807) is 0 Å². The molecule has 4 atom stereocenters. The minimum absolute atomic E-state index is 0.0327. The van der Waals surface area contributed by atoms with Gasteiger partial charge in [-0.1, -0.05) is 29.8 Å². The molecular weight excluding hydrogens is 450 g/mol. The van der Waals surface area contributed by atoms with E-state index in [1.165, 1.54) is 42.5 Å². The number of rotatable bonds is 5. The number of nitro benzene ring substituents is 1. The summed E-state index contributed by atoms with van der Waals surface area (Å²) in [7, 11) is 0. The Hall–Kier alpha value is -3.85. The molecular formula is C23H16ClN3O6. The van der Waals surface area contributed by atoms with Crippen LogP contribution < -0.4 is 4.74 Å². The Kier molecular flexibility index (Phi) is 5.05. The van der Waals surface area contributed by atoms with Gasteiger partial charge in [0.25, 0.3) is 11.8 Å². The number of hydrogen-bond acceptors (Lipinski definition) is 7. The normalized spacial score (nSPS) is 25.2. The fourth-order valence-corrected chi connectivity index (χ4v) is 4.88. The van der Waals surface area contributed by atoms with E-state index < -0.39 is 28.4 Å². The van der Waals surface area contributed by atoms with Crippen molar-refractivity contribution in [1.29, 1.82) is 0 Å². The second-order valence-corrected chi connectivity index (χ2v) is 8.52. The van der Waals surface area contributed by atoms with Crippen LogP contribution in [0.2, 0.25) is 5.02 Å². The number of hydrazone groups is 1. The molecule has 1 saturated carbocycles. The first-order valence-electron chi connectivity index (χ1n) is 10.2. The van der Waals surface area contributed by atoms with Crippen LogP contribution in [-0.2, 0) is 9.59 Å². The van der Waals surface area contributed by atoms with Crippen LogP contribution in [0.5, 0.6) is 5.75 Å². The number of amides is 2. The van der Waals surface area contributed by atoms with Crippen molar-refractivity contribution >= 4 is 41.3 Å². The molecule has 0 aromatic heterocycles. The summed E-state index contributed by atoms with van der Waals surface area (Å²) in [6.45, 7) is 0. The molecule has 1 saturated heterocycles. The zero-order valence-electron chi connectivity index (χ0n) is 17.0. The zero-order valence-corrected chi connectivity index (χ0v) is 17.7. The number of allylic oxidation sites excluding steroid dienone is 2. The molecule has 1 aliphatic heterocycles. The standard InChI is InChI=1S/C23H16ClN3O6/c24-16-8-6-12(7-9-16)23(30)33-20-15(2-1-3-17(20)27(31)32)11-25-26-21(28)18-13-4-5-14(10-13)19(18)22(26)29/h1-9,11,13-14,18-19H,10H2. The van der Waals surface area contributed by atoms with Crippen molar-refractivity contribution in [2.24, 2.45) is 28.8 Å². The van der Waals surface area contributed by atoms with Crippen LogP contribution in [0.15, 0.2) is 59.7 Å². The molecule has 2 aromatic rings. The van der Waals surface area contributed by atoms with Crippen molar-refractivity contribution in [2.45, 2.75) is 6.42 Å². The van der Waals surface area contributed by atoms with Gasteiger partial charge in [-0.2, -0.15) is 10.1 Å². The van der Waals surface area contributed by atoms with Crippen LogP contribution in [0.4, 0.5) is 5.69 Å². The average Bonchev–Trinajstić information content (AvgIpc) is 3.47. The fraction of sp³-hybridized carbons (Fsp3) is 0.217. The minimum Gasteiger partial charge on any atom is -0.415 e. The quantitative estimate of drug-likeness (QED) is 0.126. The Morgan fingerprint density at radius 2 is 1.73 bits per heavy atom. The molecule has 2 aromatic carbocycles. The number of nitro groups is 1. The van der Waals surface area contributed by atoms with E-state index in [0.29, 0.717) is 5.02 Å². The molecule has 0 N–H and O–H groups in total. The molecule has 2 bridgehead atoms. The Labute approximate surface area is 192 Å². The molecule has 33 heavy (non-hydrogen) atoms. The predicted molar refractivity (Wildman–Crippen MR) is 117 cm³/mol. The number of fused-ring (bicyclic) bond motifs is 5. The molecule has 2 aliphatic carbocycles. The number of imide groups is 1. The van der Waals surface area contributed by atoms with Crippen molar-refractivity contribution < 1.29 is 24.0 Å². The number of carbonyl (C=O) groups excluding carboxylic acids is 3. The first-order chi connectivity index (χ1) is 15.8. The summed E-state index contributed by atoms with van der Waals surface area (Å²) in [4.78, 5) is 49.0. The van der Waals surface area contributed by atoms with Gasteiger partial charge in [-0.05, 0) is 48.6 Å². The van der Waals surface area contributed by atoms with Crippen LogP contribution >= 0.6 is 11.6 Å². The van der Waals surface area contributed by atoms with Gasteiger partial charge in [0.2, 0.25) is 5.75 Å². The summed E-state index contributed by atoms with van der Waals surface area (Å²) in [5, 5.41) is 16.8. The molecule has 1 heterocycles. The van der Waals surface area contributed by atoms with Crippen LogP contribution in [0.1, 0.15) is 22.3 Å². The number of esters is 1. The van der Waals surface area contributed by atoms with Gasteiger partial charge in [0.15, 0.2) is 0 Å². The topological polar surface area (TPSA) is 119 Å². The van der Waals surface area contributed by atoms with Crippen LogP contribution in [0.3, 0.4) is 0 Å². The summed E-state index contributed by atoms with van der Waals surface area (Å²) in [6.07, 6.45) is 5.86. The summed E-state index contributed by atoms with van der Waals surface area (Å²) >= 11 is 5.83. The summed E-state index contributed by atoms with van der Waals surface area (Å²) in [6, 6.07) is 9.85. The molecule has 3 aliphatic rings. The number of halogens is 1. The Morgan fingerprint density at radius 1 is 1.09 bits per heavy atom. The zero-order chi connectivity index (χ0) is 23.3. The van der Waals surface area contributed by atoms with Crippen molar-refractivity contribution in [3.8, 4) is 5.75 Å². The van der Waals surface area contributed by atoms with Crippen molar-refractivity contribution in [1.82, 2.24) is 5.01 Å². The van der Waals surface area contributed by atoms with E-state index in [9.17, 15) is 24.5 Å². The number of ether oxygens (including phenoxy) is 1. The number of nitrogens with zero attached hydrogens (tertiary/aromatic N) is 3. The van der Waals surface area contributed by atoms with E-state index >= 15 is 0 Å². The molecule has 4 unspecified atom stereocenters. The van der Waals surface area contributed by atoms with Crippen molar-refractivity contribution in [3.63, 3.8) is 0 Å². The molecule has 0 radical (unpaired) electrons. The highest BCUT2D eigenvalue weighted by Crippen LogP contribution is 2.52. The van der Waals surface area contributed by atoms with E-state index in [1.807, 2.05) is 12.2 Å². The largest absolute Gasteiger partial charge is 0.415 e. The monoisotopic (exact) mass is 465 g/mol. The SMILES string of the molecule is O=C(Oc1c(C=NN2C(=O)C3C4C=CC(C4)C3C2=O)cccc1[N+](=O)[O-])c1ccc(Cl)cc1. The van der Waals surface area contributed by atoms with Gasteiger partial charge < -0.3 is 4.74 Å². The smallest absolute Gasteiger partial charge is 0.343 e. The average molecular weight is 466 g/mol. The lowest BCUT2D eigenvalue weighted by Crippen LogP contribution is -2.28. The highest BCUT2D eigenvalue weighted by Gasteiger charge is 2.59. The summed E-state index contributed by atoms with van der Waals surface area (Å²) in [5.41, 5.74) is -0.245. The maximum absolute atomic E-state index is 12.8. The molecule has 9 nitrogen and oxygen atoms in total. The second-order valence-electron chi connectivity index (χ2n) is 8.08. The van der Waals surface area contributed by atoms with Gasteiger partial charge in [-0.3, -0.25) is 19.7 Å². The lowest BCUT2D eigenvalue weighted by molar-refractivity contribution is -0.385. The third kappa shape index (κ3) is 3.50. The maximum Gasteiger partial charge on any atom is 0.343 e. The third-order valence-electron chi connectivity index (χ3n) is 6.26. The molecule has 166 valence electrons. The molecule has 2 amide bonds. The first kappa shape index (κ1) is 21.0. The van der Waals surface area contributed by atoms with E-state index in [4.69, 9.17) is 16.3 Å². The third-order valence-corrected chi connectivity index (χ3v) is 6.51. The molecule has 5 rings (SSSR count). The number of para-hydroxylation sites is 1. The minimum atomic E-state index is -0.832. The Balaban J connectivity index is 1.44. The van der Waals surface area contributed by atoms with Gasteiger partial charge in [0.1, 0.15) is 0 Å². The lowest BCUT2D eigenvalue weighted by atomic mass is 9.85. The Bertz CT molecular complexity index is 1230. The van der Waals surface area contributed by atoms with Crippen LogP contribution in [0, 0.1) is 33.8 Å². The van der Waals surface area contributed by atoms with E-state index in [-0.39, 0.29) is 40.5 Å². The second kappa shape index (κ2) is 7.93. The lowest BCUT2D eigenvalue weighted by Gasteiger charge is -2.13. The molecule has 0 spiro atoms. The highest BCUT2D eigenvalue weighted by molar-refractivity contribution is 6.30. The molecule has 2 fully saturated rings. The van der Waals surface area contributed by atoms with Gasteiger partial charge in [0.05, 0.1) is 28.5 Å². The van der Waals surface area contributed by atoms with E-state index in [2.05, 4.69) is 5.10 Å². The number of carbonyl (C=O) groups is 3. The summed E-state index contributed by atoms with van der Waals surface area (Å²) in [5.74, 6) is -2.72. The van der Waals surface area contributed by atoms with Gasteiger partial charge in [-0.25, -0.2) is 4.79 Å². The predicted octanol–water partition coefficient (Wildman–Crippen LogP) is 3.61. The van der Waals surface area contributed by atoms with Gasteiger partial charge >= 0.3 is 11.7 Å². The highest BCUT2D eigenvalue weighted by atomic mass is 35.5. The van der Waals surface area contributed by atoms with E-state index in [0.717, 1.165) is 17.6 Å². The molecule has 10 heteroatoms. The maximum atomic E-state index is 12.8. The van der Waals surface area contributed by atoms with Gasteiger partial charge in [0, 0.05) is 16.7 Å². The number of benzene rings is 2. The number of hydrogen-bond donors (Lipinski definition) is 0. The van der Waals surface area contributed by atoms with Gasteiger partial charge in [-0.15, -0.1) is 0 Å². The first-order valence-corrected chi connectivity index (χ1v) is 10.6. The van der Waals surface area contributed by atoms with Crippen molar-refractivity contribution in [3.05, 3.63) is 80.9 Å². The van der Waals surface area contributed by atoms with Crippen LogP contribution in [0.25, 0.3) is 0 Å². The van der Waals surface area contributed by atoms with Crippen LogP contribution in [-0.4, -0.2) is 33.9 Å².